The van der Waals surface area contributed by atoms with Crippen molar-refractivity contribution in [3.63, 3.8) is 0 Å². The number of pyridine rings is 2. The molecule has 3 nitrogen and oxygen atoms in total. The van der Waals surface area contributed by atoms with Gasteiger partial charge in [0.1, 0.15) is 11.2 Å². The molecule has 3 heterocycles. The Morgan fingerprint density at radius 3 is 1.94 bits per heavy atom. The van der Waals surface area contributed by atoms with Crippen LogP contribution in [0.15, 0.2) is 89.6 Å². The van der Waals surface area contributed by atoms with Crippen LogP contribution in [-0.2, 0) is 0 Å². The van der Waals surface area contributed by atoms with Crippen LogP contribution in [0, 0.1) is 27.7 Å². The van der Waals surface area contributed by atoms with Crippen LogP contribution in [0.1, 0.15) is 22.3 Å². The second-order valence-corrected chi connectivity index (χ2v) is 9.39. The molecule has 3 heteroatoms. The molecule has 0 radical (unpaired) electrons. The third-order valence-corrected chi connectivity index (χ3v) is 7.00. The normalized spacial score (nSPS) is 11.4. The van der Waals surface area contributed by atoms with Crippen molar-refractivity contribution in [3.8, 4) is 33.6 Å². The predicted octanol–water partition coefficient (Wildman–Crippen LogP) is 8.61. The number of aryl methyl sites for hydroxylation is 4. The molecule has 6 aromatic rings. The maximum absolute atomic E-state index is 6.54. The van der Waals surface area contributed by atoms with Crippen molar-refractivity contribution in [3.05, 3.63) is 107 Å². The van der Waals surface area contributed by atoms with E-state index in [2.05, 4.69) is 94.4 Å². The number of benzene rings is 3. The van der Waals surface area contributed by atoms with Gasteiger partial charge in [0.15, 0.2) is 0 Å². The van der Waals surface area contributed by atoms with Crippen molar-refractivity contribution in [2.24, 2.45) is 0 Å². The molecule has 35 heavy (non-hydrogen) atoms. The van der Waals surface area contributed by atoms with Crippen LogP contribution >= 0.6 is 0 Å². The summed E-state index contributed by atoms with van der Waals surface area (Å²) in [4.78, 5) is 9.53. The highest BCUT2D eigenvalue weighted by atomic mass is 16.3. The lowest BCUT2D eigenvalue weighted by molar-refractivity contribution is 0.670. The van der Waals surface area contributed by atoms with Crippen molar-refractivity contribution in [1.29, 1.82) is 0 Å². The molecule has 170 valence electrons. The monoisotopic (exact) mass is 454 g/mol. The topological polar surface area (TPSA) is 38.9 Å². The molecule has 3 aromatic heterocycles. The molecule has 0 N–H and O–H groups in total. The summed E-state index contributed by atoms with van der Waals surface area (Å²) < 4.78 is 6.54. The zero-order valence-corrected chi connectivity index (χ0v) is 20.4. The van der Waals surface area contributed by atoms with E-state index in [0.29, 0.717) is 0 Å². The molecule has 0 aliphatic carbocycles. The van der Waals surface area contributed by atoms with Crippen LogP contribution in [0.2, 0.25) is 0 Å². The zero-order valence-electron chi connectivity index (χ0n) is 20.4. The maximum atomic E-state index is 6.54. The number of hydrogen-bond acceptors (Lipinski definition) is 3. The Morgan fingerprint density at radius 1 is 0.543 bits per heavy atom. The fraction of sp³-hybridized carbons (Fsp3) is 0.125. The minimum Gasteiger partial charge on any atom is -0.455 e. The van der Waals surface area contributed by atoms with Crippen molar-refractivity contribution in [2.75, 3.05) is 0 Å². The van der Waals surface area contributed by atoms with E-state index in [1.54, 1.807) is 0 Å². The van der Waals surface area contributed by atoms with E-state index < -0.39 is 0 Å². The lowest BCUT2D eigenvalue weighted by Gasteiger charge is -2.10. The Kier molecular flexibility index (Phi) is 5.00. The van der Waals surface area contributed by atoms with Gasteiger partial charge in [-0.2, -0.15) is 0 Å². The molecule has 0 bridgehead atoms. The standard InChI is InChI=1S/C32H26N2O/c1-19-12-29(33-17-21(19)3)25-14-27-26-11-10-24(23-8-6-5-7-9-23)16-31(26)35-32(27)28(15-25)30-13-20(2)22(4)18-34-30/h5-18H,1-4H3. The van der Waals surface area contributed by atoms with Gasteiger partial charge in [0, 0.05) is 34.3 Å². The summed E-state index contributed by atoms with van der Waals surface area (Å²) in [6.45, 7) is 8.43. The molecule has 0 unspecified atom stereocenters. The van der Waals surface area contributed by atoms with Crippen molar-refractivity contribution >= 4 is 21.9 Å². The second-order valence-electron chi connectivity index (χ2n) is 9.39. The lowest BCUT2D eigenvalue weighted by atomic mass is 9.97. The van der Waals surface area contributed by atoms with Crippen LogP contribution < -0.4 is 0 Å². The summed E-state index contributed by atoms with van der Waals surface area (Å²) in [5, 5.41) is 2.17. The Morgan fingerprint density at radius 2 is 1.23 bits per heavy atom. The molecule has 6 rings (SSSR count). The fourth-order valence-electron chi connectivity index (χ4n) is 4.58. The molecular weight excluding hydrogens is 428 g/mol. The van der Waals surface area contributed by atoms with Gasteiger partial charge in [-0.1, -0.05) is 36.4 Å². The maximum Gasteiger partial charge on any atom is 0.144 e. The van der Waals surface area contributed by atoms with Gasteiger partial charge in [0.2, 0.25) is 0 Å². The molecule has 0 amide bonds. The summed E-state index contributed by atoms with van der Waals surface area (Å²) in [6, 6.07) is 25.5. The summed E-state index contributed by atoms with van der Waals surface area (Å²) in [6.07, 6.45) is 3.88. The first-order valence-electron chi connectivity index (χ1n) is 11.9. The highest BCUT2D eigenvalue weighted by Crippen LogP contribution is 2.40. The lowest BCUT2D eigenvalue weighted by Crippen LogP contribution is -1.92. The van der Waals surface area contributed by atoms with E-state index in [1.165, 1.54) is 27.8 Å². The first-order valence-corrected chi connectivity index (χ1v) is 11.9. The van der Waals surface area contributed by atoms with E-state index in [1.807, 2.05) is 18.5 Å². The highest BCUT2D eigenvalue weighted by Gasteiger charge is 2.17. The van der Waals surface area contributed by atoms with E-state index >= 15 is 0 Å². The SMILES string of the molecule is Cc1cnc(-c2cc(-c3cc(C)c(C)cn3)c3oc4cc(-c5ccccc5)ccc4c3c2)cc1C. The van der Waals surface area contributed by atoms with Crippen molar-refractivity contribution in [2.45, 2.75) is 27.7 Å². The fourth-order valence-corrected chi connectivity index (χ4v) is 4.58. The van der Waals surface area contributed by atoms with Gasteiger partial charge >= 0.3 is 0 Å². The third kappa shape index (κ3) is 3.70. The van der Waals surface area contributed by atoms with Gasteiger partial charge in [-0.15, -0.1) is 0 Å². The first kappa shape index (κ1) is 21.3. The molecule has 0 saturated heterocycles. The van der Waals surface area contributed by atoms with E-state index in [9.17, 15) is 0 Å². The van der Waals surface area contributed by atoms with Gasteiger partial charge in [-0.3, -0.25) is 9.97 Å². The van der Waals surface area contributed by atoms with Crippen LogP contribution in [0.25, 0.3) is 55.6 Å². The molecular formula is C32H26N2O. The minimum atomic E-state index is 0.855. The van der Waals surface area contributed by atoms with Crippen LogP contribution in [0.5, 0.6) is 0 Å². The Bertz CT molecular complexity index is 1730. The largest absolute Gasteiger partial charge is 0.455 e. The number of rotatable bonds is 3. The van der Waals surface area contributed by atoms with Gasteiger partial charge in [-0.05, 0) is 97.5 Å². The van der Waals surface area contributed by atoms with Crippen LogP contribution in [0.3, 0.4) is 0 Å². The Labute approximate surface area is 205 Å². The molecule has 0 aliphatic rings. The molecule has 0 aliphatic heterocycles. The molecule has 0 saturated carbocycles. The number of hydrogen-bond donors (Lipinski definition) is 0. The quantitative estimate of drug-likeness (QED) is 0.269. The smallest absolute Gasteiger partial charge is 0.144 e. The van der Waals surface area contributed by atoms with Crippen LogP contribution in [0.4, 0.5) is 0 Å². The summed E-state index contributed by atoms with van der Waals surface area (Å²) in [5.41, 5.74) is 12.7. The van der Waals surface area contributed by atoms with Gasteiger partial charge in [-0.25, -0.2) is 0 Å². The third-order valence-electron chi connectivity index (χ3n) is 7.00. The molecule has 0 atom stereocenters. The number of furan rings is 1. The predicted molar refractivity (Wildman–Crippen MR) is 145 cm³/mol. The molecule has 0 fully saturated rings. The Balaban J connectivity index is 1.64. The van der Waals surface area contributed by atoms with Crippen molar-refractivity contribution < 1.29 is 4.42 Å². The van der Waals surface area contributed by atoms with Crippen LogP contribution in [-0.4, -0.2) is 9.97 Å². The van der Waals surface area contributed by atoms with Gasteiger partial charge < -0.3 is 4.42 Å². The minimum absolute atomic E-state index is 0.855. The zero-order chi connectivity index (χ0) is 24.1. The van der Waals surface area contributed by atoms with E-state index in [0.717, 1.165) is 50.0 Å². The summed E-state index contributed by atoms with van der Waals surface area (Å²) >= 11 is 0. The summed E-state index contributed by atoms with van der Waals surface area (Å²) in [5.74, 6) is 0. The number of fused-ring (bicyclic) bond motifs is 3. The van der Waals surface area contributed by atoms with E-state index in [4.69, 9.17) is 14.4 Å². The van der Waals surface area contributed by atoms with Gasteiger partial charge in [0.05, 0.1) is 11.4 Å². The first-order chi connectivity index (χ1) is 17.0. The number of nitrogens with zero attached hydrogens (tertiary/aromatic N) is 2. The van der Waals surface area contributed by atoms with Crippen molar-refractivity contribution in [1.82, 2.24) is 9.97 Å². The molecule has 3 aromatic carbocycles. The number of aromatic nitrogens is 2. The van der Waals surface area contributed by atoms with Gasteiger partial charge in [0.25, 0.3) is 0 Å². The van der Waals surface area contributed by atoms with E-state index in [-0.39, 0.29) is 0 Å². The Hall–Kier alpha value is -4.24. The second kappa shape index (κ2) is 8.21. The average molecular weight is 455 g/mol. The molecule has 0 spiro atoms. The average Bonchev–Trinajstić information content (AvgIpc) is 3.25. The highest BCUT2D eigenvalue weighted by molar-refractivity contribution is 6.11. The summed E-state index contributed by atoms with van der Waals surface area (Å²) in [7, 11) is 0.